The van der Waals surface area contributed by atoms with Crippen LogP contribution in [0.4, 0.5) is 0 Å². The molecule has 8 heteroatoms. The fourth-order valence-electron chi connectivity index (χ4n) is 4.02. The smallest absolute Gasteiger partial charge is 0.306 e. The first-order valence-electron chi connectivity index (χ1n) is 14.5. The number of allylic oxidation sites excluding steroid dienone is 2. The number of aliphatic hydroxyl groups is 1. The molecule has 0 saturated heterocycles. The Balaban J connectivity index is 3.01. The zero-order valence-corrected chi connectivity index (χ0v) is 29.9. The van der Waals surface area contributed by atoms with Crippen LogP contribution in [0, 0.1) is 11.8 Å². The van der Waals surface area contributed by atoms with Crippen LogP contribution < -0.4 is 4.74 Å². The molecule has 0 saturated carbocycles. The molecule has 0 aliphatic carbocycles. The molecule has 0 amide bonds. The van der Waals surface area contributed by atoms with Gasteiger partial charge in [-0.1, -0.05) is 100 Å². The summed E-state index contributed by atoms with van der Waals surface area (Å²) < 4.78 is 25.7. The van der Waals surface area contributed by atoms with Crippen molar-refractivity contribution < 1.29 is 28.5 Å². The first-order chi connectivity index (χ1) is 19.1. The van der Waals surface area contributed by atoms with E-state index in [0.29, 0.717) is 19.6 Å². The van der Waals surface area contributed by atoms with Gasteiger partial charge in [0.1, 0.15) is 11.9 Å². The lowest BCUT2D eigenvalue weighted by Crippen LogP contribution is -2.43. The minimum absolute atomic E-state index is 0.0826. The van der Waals surface area contributed by atoms with E-state index < -0.39 is 20.5 Å². The molecular weight excluding hydrogens is 647 g/mol. The van der Waals surface area contributed by atoms with E-state index in [-0.39, 0.29) is 35.4 Å². The van der Waals surface area contributed by atoms with Gasteiger partial charge in [-0.2, -0.15) is 0 Å². The van der Waals surface area contributed by atoms with Crippen molar-refractivity contribution >= 4 is 36.9 Å². The maximum absolute atomic E-state index is 12.4. The van der Waals surface area contributed by atoms with E-state index >= 15 is 0 Å². The molecule has 0 aliphatic rings. The highest BCUT2D eigenvalue weighted by molar-refractivity contribution is 14.1. The zero-order chi connectivity index (χ0) is 31.2. The highest BCUT2D eigenvalue weighted by atomic mass is 127. The van der Waals surface area contributed by atoms with Crippen molar-refractivity contribution in [3.8, 4) is 5.75 Å². The normalized spacial score (nSPS) is 16.9. The van der Waals surface area contributed by atoms with Gasteiger partial charge in [-0.25, -0.2) is 0 Å². The van der Waals surface area contributed by atoms with Gasteiger partial charge >= 0.3 is 5.97 Å². The monoisotopic (exact) mass is 700 g/mol. The third kappa shape index (κ3) is 13.6. The summed E-state index contributed by atoms with van der Waals surface area (Å²) in [6.07, 6.45) is 7.64. The van der Waals surface area contributed by atoms with Gasteiger partial charge in [-0.15, -0.1) is 0 Å². The molecule has 1 aromatic carbocycles. The van der Waals surface area contributed by atoms with Crippen LogP contribution in [0.15, 0.2) is 58.2 Å². The molecule has 0 aliphatic heterocycles. The summed E-state index contributed by atoms with van der Waals surface area (Å²) in [4.78, 5) is 12.4. The number of benzene rings is 1. The molecule has 1 rings (SSSR count). The van der Waals surface area contributed by atoms with Crippen molar-refractivity contribution in [1.29, 1.82) is 0 Å². The van der Waals surface area contributed by atoms with Gasteiger partial charge in [0.2, 0.25) is 0 Å². The summed E-state index contributed by atoms with van der Waals surface area (Å²) in [5.41, 5.74) is 2.08. The highest BCUT2D eigenvalue weighted by Gasteiger charge is 2.39. The Kier molecular flexibility index (Phi) is 16.7. The van der Waals surface area contributed by atoms with E-state index in [1.165, 1.54) is 0 Å². The molecule has 41 heavy (non-hydrogen) atoms. The van der Waals surface area contributed by atoms with Crippen molar-refractivity contribution in [2.45, 2.75) is 104 Å². The van der Waals surface area contributed by atoms with E-state index in [1.807, 2.05) is 67.3 Å². The van der Waals surface area contributed by atoms with Crippen LogP contribution >= 0.6 is 22.6 Å². The summed E-state index contributed by atoms with van der Waals surface area (Å²) in [6.45, 7) is 19.7. The summed E-state index contributed by atoms with van der Waals surface area (Å²) in [5.74, 6) is 0.0335. The van der Waals surface area contributed by atoms with Crippen LogP contribution in [0.25, 0.3) is 0 Å². The second-order valence-electron chi connectivity index (χ2n) is 12.3. The third-order valence-corrected chi connectivity index (χ3v) is 12.7. The number of halogens is 1. The van der Waals surface area contributed by atoms with E-state index in [2.05, 4.69) is 62.5 Å². The van der Waals surface area contributed by atoms with Crippen molar-refractivity contribution in [1.82, 2.24) is 0 Å². The van der Waals surface area contributed by atoms with Crippen LogP contribution in [-0.2, 0) is 25.3 Å². The molecule has 1 N–H and O–H groups in total. The Bertz CT molecular complexity index is 996. The Hall–Kier alpha value is -1.46. The molecule has 0 heterocycles. The topological polar surface area (TPSA) is 74.2 Å². The van der Waals surface area contributed by atoms with Gasteiger partial charge in [0.15, 0.2) is 8.32 Å². The molecule has 6 nitrogen and oxygen atoms in total. The molecular formula is C33H53IO6Si. The van der Waals surface area contributed by atoms with Crippen molar-refractivity contribution in [2.24, 2.45) is 11.8 Å². The maximum Gasteiger partial charge on any atom is 0.306 e. The Morgan fingerprint density at radius 1 is 1.12 bits per heavy atom. The van der Waals surface area contributed by atoms with Crippen LogP contribution in [0.3, 0.4) is 0 Å². The number of rotatable bonds is 17. The first kappa shape index (κ1) is 37.6. The lowest BCUT2D eigenvalue weighted by molar-refractivity contribution is -0.151. The number of esters is 1. The molecule has 5 atom stereocenters. The molecule has 1 aromatic rings. The number of hydrogen-bond acceptors (Lipinski definition) is 6. The molecule has 0 spiro atoms. The fourth-order valence-corrected chi connectivity index (χ4v) is 5.54. The molecule has 0 bridgehead atoms. The largest absolute Gasteiger partial charge is 0.497 e. The van der Waals surface area contributed by atoms with Crippen molar-refractivity contribution in [3.05, 3.63) is 63.8 Å². The summed E-state index contributed by atoms with van der Waals surface area (Å²) in [7, 11) is -0.374. The number of hydrogen-bond donors (Lipinski definition) is 1. The van der Waals surface area contributed by atoms with E-state index in [9.17, 15) is 9.90 Å². The molecule has 0 fully saturated rings. The predicted octanol–water partition coefficient (Wildman–Crippen LogP) is 8.40. The average molecular weight is 701 g/mol. The van der Waals surface area contributed by atoms with Crippen molar-refractivity contribution in [3.63, 3.8) is 0 Å². The molecule has 1 unspecified atom stereocenters. The number of methoxy groups -OCH3 is 1. The van der Waals surface area contributed by atoms with Crippen LogP contribution in [-0.4, -0.2) is 51.4 Å². The predicted molar refractivity (Wildman–Crippen MR) is 180 cm³/mol. The second kappa shape index (κ2) is 18.3. The van der Waals surface area contributed by atoms with E-state index in [0.717, 1.165) is 16.9 Å². The minimum Gasteiger partial charge on any atom is -0.497 e. The Morgan fingerprint density at radius 3 is 2.29 bits per heavy atom. The number of ether oxygens (including phenoxy) is 3. The maximum atomic E-state index is 12.4. The van der Waals surface area contributed by atoms with Crippen molar-refractivity contribution in [2.75, 3.05) is 13.7 Å². The zero-order valence-electron chi connectivity index (χ0n) is 26.8. The van der Waals surface area contributed by atoms with Gasteiger partial charge in [0.05, 0.1) is 32.5 Å². The average Bonchev–Trinajstić information content (AvgIpc) is 2.91. The SMILES string of the molecule is CCC(=O)O[C@@H](/C=C(\C)CC(/C=C/C=C/I)O[Si](C)(C)C(C)(C)C)[C@H](C)[C@@H](O)[C@@H](C)COCc1ccc(OC)cc1. The third-order valence-electron chi connectivity index (χ3n) is 7.74. The van der Waals surface area contributed by atoms with Gasteiger partial charge in [0.25, 0.3) is 0 Å². The first-order valence-corrected chi connectivity index (χ1v) is 18.7. The summed E-state index contributed by atoms with van der Waals surface area (Å²) >= 11 is 2.20. The molecule has 232 valence electrons. The van der Waals surface area contributed by atoms with Gasteiger partial charge in [-0.3, -0.25) is 4.79 Å². The number of aliphatic hydroxyl groups excluding tert-OH is 1. The van der Waals surface area contributed by atoms with Crippen LogP contribution in [0.5, 0.6) is 5.75 Å². The summed E-state index contributed by atoms with van der Waals surface area (Å²) in [6, 6.07) is 7.73. The Morgan fingerprint density at radius 2 is 1.76 bits per heavy atom. The number of carbonyl (C=O) groups is 1. The molecule has 0 radical (unpaired) electrons. The summed E-state index contributed by atoms with van der Waals surface area (Å²) in [5, 5.41) is 11.3. The Labute approximate surface area is 263 Å². The number of carbonyl (C=O) groups excluding carboxylic acids is 1. The van der Waals surface area contributed by atoms with Gasteiger partial charge in [-0.05, 0) is 59.3 Å². The second-order valence-corrected chi connectivity index (χ2v) is 17.8. The van der Waals surface area contributed by atoms with E-state index in [1.54, 1.807) is 14.0 Å². The van der Waals surface area contributed by atoms with E-state index in [4.69, 9.17) is 18.6 Å². The fraction of sp³-hybridized carbons (Fsp3) is 0.606. The van der Waals surface area contributed by atoms with Gasteiger partial charge in [0, 0.05) is 18.3 Å². The van der Waals surface area contributed by atoms with Gasteiger partial charge < -0.3 is 23.7 Å². The standard InChI is InChI=1S/C33H53IO6Si/c1-11-31(35)39-30(21-24(2)20-29(14-12-13-19-34)40-41(9,10)33(5,6)7)26(4)32(36)25(3)22-38-23-27-15-17-28(37-8)18-16-27/h12-19,21,25-26,29-30,32,36H,11,20,22-23H2,1-10H3/b14-12+,19-13+,24-21+/t25-,26-,29?,30-,32-/m0/s1. The lowest BCUT2D eigenvalue weighted by atomic mass is 9.88. The molecule has 0 aromatic heterocycles. The van der Waals surface area contributed by atoms with Crippen LogP contribution in [0.1, 0.15) is 66.9 Å². The highest BCUT2D eigenvalue weighted by Crippen LogP contribution is 2.38. The lowest BCUT2D eigenvalue weighted by Gasteiger charge is -2.39. The van der Waals surface area contributed by atoms with Crippen LogP contribution in [0.2, 0.25) is 18.1 Å². The minimum atomic E-state index is -2.01. The quantitative estimate of drug-likeness (QED) is 0.0579.